The molecule has 1 aliphatic carbocycles. The third kappa shape index (κ3) is 3.35. The van der Waals surface area contributed by atoms with Gasteiger partial charge in [-0.15, -0.1) is 0 Å². The summed E-state index contributed by atoms with van der Waals surface area (Å²) in [6.45, 7) is 6.88. The van der Waals surface area contributed by atoms with Gasteiger partial charge in [0.05, 0.1) is 19.8 Å². The zero-order valence-corrected chi connectivity index (χ0v) is 13.9. The van der Waals surface area contributed by atoms with Gasteiger partial charge in [-0.3, -0.25) is 9.59 Å². The maximum absolute atomic E-state index is 12.3. The van der Waals surface area contributed by atoms with Crippen molar-refractivity contribution in [1.82, 2.24) is 0 Å². The van der Waals surface area contributed by atoms with E-state index < -0.39 is 17.7 Å². The summed E-state index contributed by atoms with van der Waals surface area (Å²) < 4.78 is 17.0. The Bertz CT molecular complexity index is 400. The third-order valence-electron chi connectivity index (χ3n) is 4.96. The lowest BCUT2D eigenvalue weighted by molar-refractivity contribution is -0.191. The van der Waals surface area contributed by atoms with Crippen molar-refractivity contribution in [2.24, 2.45) is 17.8 Å². The summed E-state index contributed by atoms with van der Waals surface area (Å²) in [6, 6.07) is 0. The molecule has 5 nitrogen and oxygen atoms in total. The third-order valence-corrected chi connectivity index (χ3v) is 4.96. The molecule has 2 fully saturated rings. The number of Topliss-reactive ketones (excluding diaryl/α,β-unsaturated/α-hetero) is 1. The van der Waals surface area contributed by atoms with E-state index in [1.165, 1.54) is 6.92 Å². The molecule has 1 aliphatic heterocycles. The van der Waals surface area contributed by atoms with Gasteiger partial charge in [-0.2, -0.15) is 0 Å². The fraction of sp³-hybridized carbons (Fsp3) is 0.882. The molecule has 3 atom stereocenters. The van der Waals surface area contributed by atoms with E-state index in [1.807, 2.05) is 0 Å². The molecule has 0 amide bonds. The summed E-state index contributed by atoms with van der Waals surface area (Å²) >= 11 is 0. The van der Waals surface area contributed by atoms with Crippen LogP contribution in [0.3, 0.4) is 0 Å². The minimum absolute atomic E-state index is 0.0406. The van der Waals surface area contributed by atoms with Crippen molar-refractivity contribution in [3.8, 4) is 0 Å². The minimum Gasteiger partial charge on any atom is -0.465 e. The lowest BCUT2D eigenvalue weighted by atomic mass is 9.78. The number of carbonyl (C=O) groups is 2. The van der Waals surface area contributed by atoms with E-state index in [9.17, 15) is 9.59 Å². The lowest BCUT2D eigenvalue weighted by Gasteiger charge is -2.34. The van der Waals surface area contributed by atoms with Gasteiger partial charge < -0.3 is 14.2 Å². The first-order valence-electron chi connectivity index (χ1n) is 8.50. The zero-order valence-electron chi connectivity index (χ0n) is 13.9. The van der Waals surface area contributed by atoms with Gasteiger partial charge in [0.1, 0.15) is 11.7 Å². The van der Waals surface area contributed by atoms with Gasteiger partial charge in [0.2, 0.25) is 0 Å². The highest BCUT2D eigenvalue weighted by molar-refractivity contribution is 5.98. The van der Waals surface area contributed by atoms with E-state index in [0.717, 1.165) is 32.1 Å². The molecule has 2 rings (SSSR count). The molecule has 0 aromatic rings. The van der Waals surface area contributed by atoms with Crippen molar-refractivity contribution < 1.29 is 23.8 Å². The summed E-state index contributed by atoms with van der Waals surface area (Å²) in [5.74, 6) is -1.72. The van der Waals surface area contributed by atoms with Crippen LogP contribution in [0.5, 0.6) is 0 Å². The molecule has 0 aromatic heterocycles. The van der Waals surface area contributed by atoms with Gasteiger partial charge in [0.15, 0.2) is 5.79 Å². The number of unbranched alkanes of at least 4 members (excludes halogenated alkanes) is 1. The monoisotopic (exact) mass is 312 g/mol. The maximum Gasteiger partial charge on any atom is 0.316 e. The average molecular weight is 312 g/mol. The van der Waals surface area contributed by atoms with Gasteiger partial charge in [-0.1, -0.05) is 19.8 Å². The normalized spacial score (nSPS) is 28.0. The van der Waals surface area contributed by atoms with E-state index in [4.69, 9.17) is 14.2 Å². The largest absolute Gasteiger partial charge is 0.465 e. The number of carbonyl (C=O) groups excluding carboxylic acids is 2. The first kappa shape index (κ1) is 17.4. The predicted octanol–water partition coefficient (Wildman–Crippen LogP) is 2.71. The second-order valence-electron chi connectivity index (χ2n) is 6.30. The van der Waals surface area contributed by atoms with Crippen LogP contribution >= 0.6 is 0 Å². The van der Waals surface area contributed by atoms with E-state index >= 15 is 0 Å². The second kappa shape index (κ2) is 7.55. The van der Waals surface area contributed by atoms with Crippen LogP contribution in [0.15, 0.2) is 0 Å². The Labute approximate surface area is 132 Å². The fourth-order valence-corrected chi connectivity index (χ4v) is 4.04. The summed E-state index contributed by atoms with van der Waals surface area (Å²) in [5, 5.41) is 0. The first-order chi connectivity index (χ1) is 10.6. The van der Waals surface area contributed by atoms with Gasteiger partial charge in [0.25, 0.3) is 0 Å². The number of esters is 1. The number of ether oxygens (including phenoxy) is 3. The Morgan fingerprint density at radius 3 is 2.50 bits per heavy atom. The number of hydrogen-bond acceptors (Lipinski definition) is 5. The van der Waals surface area contributed by atoms with E-state index in [-0.39, 0.29) is 17.6 Å². The topological polar surface area (TPSA) is 61.8 Å². The van der Waals surface area contributed by atoms with E-state index in [2.05, 4.69) is 6.92 Å². The number of rotatable bonds is 7. The van der Waals surface area contributed by atoms with Crippen LogP contribution in [0.2, 0.25) is 0 Å². The van der Waals surface area contributed by atoms with Crippen molar-refractivity contribution >= 4 is 11.8 Å². The molecule has 0 N–H and O–H groups in total. The van der Waals surface area contributed by atoms with Crippen molar-refractivity contribution in [2.45, 2.75) is 58.7 Å². The molecule has 2 aliphatic rings. The van der Waals surface area contributed by atoms with Gasteiger partial charge in [-0.25, -0.2) is 0 Å². The van der Waals surface area contributed by atoms with Crippen LogP contribution < -0.4 is 0 Å². The summed E-state index contributed by atoms with van der Waals surface area (Å²) in [7, 11) is 0. The smallest absolute Gasteiger partial charge is 0.316 e. The van der Waals surface area contributed by atoms with E-state index in [1.54, 1.807) is 6.92 Å². The van der Waals surface area contributed by atoms with Gasteiger partial charge >= 0.3 is 5.97 Å². The van der Waals surface area contributed by atoms with Crippen molar-refractivity contribution in [3.05, 3.63) is 0 Å². The van der Waals surface area contributed by atoms with Crippen LogP contribution in [0.25, 0.3) is 0 Å². The highest BCUT2D eigenvalue weighted by Crippen LogP contribution is 2.51. The van der Waals surface area contributed by atoms with Crippen LogP contribution in [0.4, 0.5) is 0 Å². The van der Waals surface area contributed by atoms with Gasteiger partial charge in [0, 0.05) is 12.3 Å². The Balaban J connectivity index is 2.22. The van der Waals surface area contributed by atoms with Crippen LogP contribution in [-0.2, 0) is 23.8 Å². The fourth-order valence-electron chi connectivity index (χ4n) is 4.04. The zero-order chi connectivity index (χ0) is 16.2. The van der Waals surface area contributed by atoms with Crippen LogP contribution in [0, 0.1) is 17.8 Å². The molecule has 0 bridgehead atoms. The predicted molar refractivity (Wildman–Crippen MR) is 81.2 cm³/mol. The van der Waals surface area contributed by atoms with E-state index in [0.29, 0.717) is 19.8 Å². The number of ketones is 1. The molecule has 1 spiro atoms. The van der Waals surface area contributed by atoms with Crippen LogP contribution in [0.1, 0.15) is 52.9 Å². The second-order valence-corrected chi connectivity index (χ2v) is 6.30. The van der Waals surface area contributed by atoms with Crippen molar-refractivity contribution in [1.29, 1.82) is 0 Å². The summed E-state index contributed by atoms with van der Waals surface area (Å²) in [5.41, 5.74) is 0. The highest BCUT2D eigenvalue weighted by atomic mass is 16.7. The molecule has 1 heterocycles. The Morgan fingerprint density at radius 1 is 1.27 bits per heavy atom. The molecular weight excluding hydrogens is 284 g/mol. The molecule has 22 heavy (non-hydrogen) atoms. The first-order valence-corrected chi connectivity index (χ1v) is 8.50. The van der Waals surface area contributed by atoms with Gasteiger partial charge in [-0.05, 0) is 32.6 Å². The number of hydrogen-bond donors (Lipinski definition) is 0. The average Bonchev–Trinajstić information content (AvgIpc) is 3.07. The SMILES string of the molecule is CCCCC1C(C(C(C)=O)C(=O)OCC)CCC12OCCO2. The molecule has 1 saturated carbocycles. The molecule has 0 radical (unpaired) electrons. The lowest BCUT2D eigenvalue weighted by Crippen LogP contribution is -2.41. The Hall–Kier alpha value is -0.940. The van der Waals surface area contributed by atoms with Crippen molar-refractivity contribution in [2.75, 3.05) is 19.8 Å². The summed E-state index contributed by atoms with van der Waals surface area (Å²) in [6.07, 6.45) is 4.57. The molecule has 1 saturated heterocycles. The van der Waals surface area contributed by atoms with Crippen molar-refractivity contribution in [3.63, 3.8) is 0 Å². The molecule has 3 unspecified atom stereocenters. The molecule has 5 heteroatoms. The van der Waals surface area contributed by atoms with Crippen LogP contribution in [-0.4, -0.2) is 37.4 Å². The molecular formula is C17H28O5. The highest BCUT2D eigenvalue weighted by Gasteiger charge is 2.56. The standard InChI is InChI=1S/C17H28O5/c1-4-6-7-14-13(8-9-17(14)21-10-11-22-17)15(12(3)18)16(19)20-5-2/h13-15H,4-11H2,1-3H3. The molecule has 0 aromatic carbocycles. The maximum atomic E-state index is 12.3. The Kier molecular flexibility index (Phi) is 5.98. The Morgan fingerprint density at radius 2 is 1.95 bits per heavy atom. The summed E-state index contributed by atoms with van der Waals surface area (Å²) in [4.78, 5) is 24.4. The minimum atomic E-state index is -0.686. The quantitative estimate of drug-likeness (QED) is 0.534. The molecule has 126 valence electrons.